The SMILES string of the molecule is CCON=C1C[C@@H](C(=O)Nc2ccc3c(c2)c2ccccc2n3CC)N(C(=O)COc2ccccc2)C1. The zero-order valence-corrected chi connectivity index (χ0v) is 21.0. The third-order valence-electron chi connectivity index (χ3n) is 6.57. The minimum atomic E-state index is -0.709. The Morgan fingerprint density at radius 3 is 2.51 bits per heavy atom. The highest BCUT2D eigenvalue weighted by atomic mass is 16.6. The topological polar surface area (TPSA) is 85.2 Å². The molecule has 1 aliphatic rings. The van der Waals surface area contributed by atoms with Gasteiger partial charge in [0.15, 0.2) is 6.61 Å². The summed E-state index contributed by atoms with van der Waals surface area (Å²) in [6.45, 7) is 5.27. The maximum absolute atomic E-state index is 13.4. The summed E-state index contributed by atoms with van der Waals surface area (Å²) in [5.41, 5.74) is 3.60. The van der Waals surface area contributed by atoms with Gasteiger partial charge in [0.2, 0.25) is 5.91 Å². The van der Waals surface area contributed by atoms with Gasteiger partial charge in [-0.3, -0.25) is 9.59 Å². The molecular weight excluding hydrogens is 468 g/mol. The van der Waals surface area contributed by atoms with E-state index in [0.717, 1.165) is 28.4 Å². The van der Waals surface area contributed by atoms with Gasteiger partial charge < -0.3 is 24.4 Å². The van der Waals surface area contributed by atoms with E-state index in [1.165, 1.54) is 4.90 Å². The van der Waals surface area contributed by atoms with Crippen molar-refractivity contribution in [2.45, 2.75) is 32.9 Å². The third kappa shape index (κ3) is 5.00. The summed E-state index contributed by atoms with van der Waals surface area (Å²) < 4.78 is 7.91. The number of benzene rings is 3. The average molecular weight is 499 g/mol. The van der Waals surface area contributed by atoms with Crippen molar-refractivity contribution in [1.82, 2.24) is 9.47 Å². The van der Waals surface area contributed by atoms with Gasteiger partial charge in [-0.2, -0.15) is 0 Å². The van der Waals surface area contributed by atoms with Crippen LogP contribution >= 0.6 is 0 Å². The zero-order chi connectivity index (χ0) is 25.8. The molecule has 1 fully saturated rings. The Morgan fingerprint density at radius 2 is 1.73 bits per heavy atom. The van der Waals surface area contributed by atoms with Gasteiger partial charge in [0.1, 0.15) is 18.4 Å². The number of likely N-dealkylation sites (tertiary alicyclic amines) is 1. The first-order chi connectivity index (χ1) is 18.1. The highest BCUT2D eigenvalue weighted by molar-refractivity contribution is 6.11. The van der Waals surface area contributed by atoms with Crippen LogP contribution in [0.3, 0.4) is 0 Å². The molecule has 2 amide bonds. The second kappa shape index (κ2) is 10.7. The molecule has 1 atom stereocenters. The number of carbonyl (C=O) groups excluding carboxylic acids is 2. The minimum absolute atomic E-state index is 0.168. The number of nitrogens with zero attached hydrogens (tertiary/aromatic N) is 3. The lowest BCUT2D eigenvalue weighted by atomic mass is 10.1. The van der Waals surface area contributed by atoms with Gasteiger partial charge in [-0.25, -0.2) is 0 Å². The van der Waals surface area contributed by atoms with Crippen molar-refractivity contribution in [2.24, 2.45) is 5.16 Å². The second-order valence-corrected chi connectivity index (χ2v) is 8.90. The number of aryl methyl sites for hydroxylation is 1. The molecule has 37 heavy (non-hydrogen) atoms. The van der Waals surface area contributed by atoms with Crippen LogP contribution in [0.25, 0.3) is 21.8 Å². The molecule has 1 aliphatic heterocycles. The largest absolute Gasteiger partial charge is 0.484 e. The van der Waals surface area contributed by atoms with Crippen molar-refractivity contribution in [1.29, 1.82) is 0 Å². The molecule has 4 aromatic rings. The molecule has 2 heterocycles. The molecule has 8 heteroatoms. The predicted molar refractivity (Wildman–Crippen MR) is 145 cm³/mol. The number of nitrogens with one attached hydrogen (secondary N) is 1. The number of fused-ring (bicyclic) bond motifs is 3. The Hall–Kier alpha value is -4.33. The predicted octanol–water partition coefficient (Wildman–Crippen LogP) is 4.83. The molecule has 0 saturated carbocycles. The van der Waals surface area contributed by atoms with Crippen LogP contribution in [0.15, 0.2) is 78.0 Å². The van der Waals surface area contributed by atoms with Crippen molar-refractivity contribution >= 4 is 45.0 Å². The van der Waals surface area contributed by atoms with Crippen molar-refractivity contribution < 1.29 is 19.2 Å². The van der Waals surface area contributed by atoms with Gasteiger partial charge >= 0.3 is 0 Å². The van der Waals surface area contributed by atoms with Crippen LogP contribution in [0, 0.1) is 0 Å². The third-order valence-corrected chi connectivity index (χ3v) is 6.57. The molecule has 1 N–H and O–H groups in total. The number of rotatable bonds is 8. The number of anilines is 1. The van der Waals surface area contributed by atoms with Gasteiger partial charge in [-0.1, -0.05) is 41.6 Å². The fourth-order valence-corrected chi connectivity index (χ4v) is 4.87. The van der Waals surface area contributed by atoms with Crippen LogP contribution in [0.2, 0.25) is 0 Å². The molecule has 1 aromatic heterocycles. The first-order valence-corrected chi connectivity index (χ1v) is 12.6. The van der Waals surface area contributed by atoms with Crippen molar-refractivity contribution in [3.05, 3.63) is 72.8 Å². The second-order valence-electron chi connectivity index (χ2n) is 8.90. The van der Waals surface area contributed by atoms with Crippen LogP contribution in [-0.4, -0.2) is 52.8 Å². The molecule has 0 radical (unpaired) electrons. The summed E-state index contributed by atoms with van der Waals surface area (Å²) in [7, 11) is 0. The van der Waals surface area contributed by atoms with E-state index >= 15 is 0 Å². The molecule has 190 valence electrons. The van der Waals surface area contributed by atoms with E-state index in [2.05, 4.69) is 34.1 Å². The van der Waals surface area contributed by atoms with Gasteiger partial charge in [-0.05, 0) is 50.2 Å². The summed E-state index contributed by atoms with van der Waals surface area (Å²) in [6.07, 6.45) is 0.306. The molecule has 0 unspecified atom stereocenters. The van der Waals surface area contributed by atoms with E-state index in [0.29, 0.717) is 30.2 Å². The smallest absolute Gasteiger partial charge is 0.261 e. The monoisotopic (exact) mass is 498 g/mol. The van der Waals surface area contributed by atoms with Crippen LogP contribution < -0.4 is 10.1 Å². The van der Waals surface area contributed by atoms with E-state index in [1.807, 2.05) is 55.5 Å². The summed E-state index contributed by atoms with van der Waals surface area (Å²) in [4.78, 5) is 33.2. The number of amides is 2. The van der Waals surface area contributed by atoms with Crippen LogP contribution in [0.4, 0.5) is 5.69 Å². The number of ether oxygens (including phenoxy) is 1. The molecule has 0 aliphatic carbocycles. The number of para-hydroxylation sites is 2. The van der Waals surface area contributed by atoms with Gasteiger partial charge in [0.05, 0.1) is 12.3 Å². The van der Waals surface area contributed by atoms with E-state index in [9.17, 15) is 9.59 Å². The van der Waals surface area contributed by atoms with Gasteiger partial charge in [0.25, 0.3) is 5.91 Å². The summed E-state index contributed by atoms with van der Waals surface area (Å²) in [5, 5.41) is 9.35. The molecule has 5 rings (SSSR count). The van der Waals surface area contributed by atoms with Crippen LogP contribution in [0.5, 0.6) is 5.75 Å². The number of oxime groups is 1. The summed E-state index contributed by atoms with van der Waals surface area (Å²) >= 11 is 0. The van der Waals surface area contributed by atoms with E-state index in [-0.39, 0.29) is 25.0 Å². The molecule has 3 aromatic carbocycles. The summed E-state index contributed by atoms with van der Waals surface area (Å²) in [5.74, 6) is 0.0410. The molecular formula is C29H30N4O4. The fourth-order valence-electron chi connectivity index (χ4n) is 4.87. The minimum Gasteiger partial charge on any atom is -0.484 e. The zero-order valence-electron chi connectivity index (χ0n) is 21.0. The molecule has 8 nitrogen and oxygen atoms in total. The number of carbonyl (C=O) groups is 2. The lowest BCUT2D eigenvalue weighted by Crippen LogP contribution is -2.45. The molecule has 0 spiro atoms. The highest BCUT2D eigenvalue weighted by Crippen LogP contribution is 2.31. The van der Waals surface area contributed by atoms with Gasteiger partial charge in [-0.15, -0.1) is 0 Å². The van der Waals surface area contributed by atoms with E-state index in [4.69, 9.17) is 9.57 Å². The fraction of sp³-hybridized carbons (Fsp3) is 0.276. The van der Waals surface area contributed by atoms with E-state index in [1.54, 1.807) is 12.1 Å². The highest BCUT2D eigenvalue weighted by Gasteiger charge is 2.38. The average Bonchev–Trinajstić information content (AvgIpc) is 3.50. The van der Waals surface area contributed by atoms with E-state index < -0.39 is 6.04 Å². The molecule has 0 bridgehead atoms. The quantitative estimate of drug-likeness (QED) is 0.353. The number of hydrogen-bond acceptors (Lipinski definition) is 5. The van der Waals surface area contributed by atoms with Crippen molar-refractivity contribution in [2.75, 3.05) is 25.1 Å². The Balaban J connectivity index is 1.37. The summed E-state index contributed by atoms with van der Waals surface area (Å²) in [6, 6.07) is 22.6. The van der Waals surface area contributed by atoms with Gasteiger partial charge in [0, 0.05) is 40.5 Å². The Kier molecular flexibility index (Phi) is 7.07. The maximum atomic E-state index is 13.4. The first kappa shape index (κ1) is 24.4. The lowest BCUT2D eigenvalue weighted by Gasteiger charge is -2.23. The molecule has 1 saturated heterocycles. The number of aromatic nitrogens is 1. The van der Waals surface area contributed by atoms with Crippen molar-refractivity contribution in [3.63, 3.8) is 0 Å². The van der Waals surface area contributed by atoms with Crippen LogP contribution in [-0.2, 0) is 21.0 Å². The standard InChI is InChI=1S/C29H30N4O4/c1-3-32-25-13-9-8-12-23(25)24-16-20(14-15-26(24)32)30-29(35)27-17-21(31-37-4-2)18-33(27)28(34)19-36-22-10-6-5-7-11-22/h5-16,27H,3-4,17-19H2,1-2H3,(H,30,35)/t27-/m0/s1. The van der Waals surface area contributed by atoms with Crippen molar-refractivity contribution in [3.8, 4) is 5.75 Å². The normalized spacial score (nSPS) is 16.4. The lowest BCUT2D eigenvalue weighted by molar-refractivity contribution is -0.138. The number of hydrogen-bond donors (Lipinski definition) is 1. The Morgan fingerprint density at radius 1 is 0.973 bits per heavy atom. The Labute approximate surface area is 215 Å². The first-order valence-electron chi connectivity index (χ1n) is 12.6. The van der Waals surface area contributed by atoms with Crippen LogP contribution in [0.1, 0.15) is 20.3 Å². The Bertz CT molecular complexity index is 1460. The maximum Gasteiger partial charge on any atom is 0.261 e.